The molecule has 1 aromatic heterocycles. The van der Waals surface area contributed by atoms with E-state index in [0.29, 0.717) is 12.8 Å². The third kappa shape index (κ3) is 2.32. The van der Waals surface area contributed by atoms with Crippen molar-refractivity contribution in [3.05, 3.63) is 53.7 Å². The van der Waals surface area contributed by atoms with Gasteiger partial charge < -0.3 is 9.47 Å². The van der Waals surface area contributed by atoms with Crippen molar-refractivity contribution in [2.45, 2.75) is 25.4 Å². The molecule has 2 aliphatic heterocycles. The molecule has 1 N–H and O–H groups in total. The first kappa shape index (κ1) is 13.9. The van der Waals surface area contributed by atoms with Gasteiger partial charge in [0.15, 0.2) is 11.5 Å². The van der Waals surface area contributed by atoms with Crippen molar-refractivity contribution in [3.63, 3.8) is 0 Å². The van der Waals surface area contributed by atoms with Crippen LogP contribution in [0.15, 0.2) is 42.6 Å². The zero-order valence-corrected chi connectivity index (χ0v) is 13.4. The van der Waals surface area contributed by atoms with Crippen LogP contribution in [0.3, 0.4) is 0 Å². The molecular formula is C19H19N3O2. The summed E-state index contributed by atoms with van der Waals surface area (Å²) >= 11 is 0. The Morgan fingerprint density at radius 1 is 1.12 bits per heavy atom. The predicted octanol–water partition coefficient (Wildman–Crippen LogP) is 3.63. The highest BCUT2D eigenvalue weighted by molar-refractivity contribution is 5.78. The summed E-state index contributed by atoms with van der Waals surface area (Å²) in [4.78, 5) is 2.55. The van der Waals surface area contributed by atoms with Gasteiger partial charge in [-0.2, -0.15) is 5.10 Å². The van der Waals surface area contributed by atoms with Crippen molar-refractivity contribution < 1.29 is 9.47 Å². The molecule has 1 saturated heterocycles. The van der Waals surface area contributed by atoms with Crippen LogP contribution in [0.5, 0.6) is 11.5 Å². The highest BCUT2D eigenvalue weighted by Crippen LogP contribution is 2.39. The van der Waals surface area contributed by atoms with Gasteiger partial charge in [0.2, 0.25) is 6.79 Å². The highest BCUT2D eigenvalue weighted by Gasteiger charge is 2.27. The molecular weight excluding hydrogens is 302 g/mol. The van der Waals surface area contributed by atoms with E-state index in [-0.39, 0.29) is 0 Å². The van der Waals surface area contributed by atoms with Gasteiger partial charge in [-0.15, -0.1) is 0 Å². The number of rotatable bonds is 3. The van der Waals surface area contributed by atoms with Crippen molar-refractivity contribution in [3.8, 4) is 11.5 Å². The summed E-state index contributed by atoms with van der Waals surface area (Å²) < 4.78 is 11.0. The summed E-state index contributed by atoms with van der Waals surface area (Å²) in [5.74, 6) is 1.73. The molecule has 3 heterocycles. The maximum Gasteiger partial charge on any atom is 0.231 e. The second-order valence-corrected chi connectivity index (χ2v) is 6.53. The predicted molar refractivity (Wildman–Crippen MR) is 91.0 cm³/mol. The molecule has 1 atom stereocenters. The lowest BCUT2D eigenvalue weighted by Crippen LogP contribution is -2.22. The summed E-state index contributed by atoms with van der Waals surface area (Å²) in [6.07, 6.45) is 4.28. The molecule has 5 nitrogen and oxygen atoms in total. The van der Waals surface area contributed by atoms with Crippen LogP contribution in [0.25, 0.3) is 10.9 Å². The lowest BCUT2D eigenvalue weighted by molar-refractivity contribution is 0.174. The van der Waals surface area contributed by atoms with Gasteiger partial charge in [-0.3, -0.25) is 10.00 Å². The molecule has 24 heavy (non-hydrogen) atoms. The van der Waals surface area contributed by atoms with E-state index in [1.54, 1.807) is 0 Å². The number of nitrogens with zero attached hydrogens (tertiary/aromatic N) is 2. The monoisotopic (exact) mass is 321 g/mol. The van der Waals surface area contributed by atoms with Crippen LogP contribution in [0.4, 0.5) is 0 Å². The van der Waals surface area contributed by atoms with Gasteiger partial charge in [0, 0.05) is 18.0 Å². The number of hydrogen-bond donors (Lipinski definition) is 1. The van der Waals surface area contributed by atoms with E-state index in [1.165, 1.54) is 24.0 Å². The van der Waals surface area contributed by atoms with Crippen LogP contribution < -0.4 is 9.47 Å². The van der Waals surface area contributed by atoms with E-state index in [4.69, 9.17) is 9.47 Å². The largest absolute Gasteiger partial charge is 0.454 e. The number of hydrogen-bond acceptors (Lipinski definition) is 4. The number of H-pyrrole nitrogens is 1. The van der Waals surface area contributed by atoms with Gasteiger partial charge >= 0.3 is 0 Å². The second-order valence-electron chi connectivity index (χ2n) is 6.53. The lowest BCUT2D eigenvalue weighted by Gasteiger charge is -2.25. The van der Waals surface area contributed by atoms with E-state index >= 15 is 0 Å². The Bertz CT molecular complexity index is 889. The van der Waals surface area contributed by atoms with Crippen molar-refractivity contribution >= 4 is 10.9 Å². The van der Waals surface area contributed by atoms with Crippen LogP contribution in [0.1, 0.15) is 30.0 Å². The lowest BCUT2D eigenvalue weighted by atomic mass is 10.0. The Hall–Kier alpha value is -2.53. The van der Waals surface area contributed by atoms with Gasteiger partial charge in [0.1, 0.15) is 0 Å². The quantitative estimate of drug-likeness (QED) is 0.800. The van der Waals surface area contributed by atoms with Gasteiger partial charge in [-0.25, -0.2) is 0 Å². The number of likely N-dealkylation sites (tertiary alicyclic amines) is 1. The molecule has 1 fully saturated rings. The molecule has 2 aliphatic rings. The van der Waals surface area contributed by atoms with Crippen molar-refractivity contribution in [2.75, 3.05) is 13.3 Å². The van der Waals surface area contributed by atoms with Gasteiger partial charge in [-0.05, 0) is 48.7 Å². The topological polar surface area (TPSA) is 50.4 Å². The Morgan fingerprint density at radius 3 is 3.08 bits per heavy atom. The minimum absolute atomic E-state index is 0.331. The summed E-state index contributed by atoms with van der Waals surface area (Å²) in [5, 5.41) is 8.32. The van der Waals surface area contributed by atoms with Crippen LogP contribution in [-0.2, 0) is 6.54 Å². The summed E-state index contributed by atoms with van der Waals surface area (Å²) in [5.41, 5.74) is 3.74. The molecule has 1 unspecified atom stereocenters. The first-order valence-corrected chi connectivity index (χ1v) is 8.42. The standard InChI is InChI=1S/C19H19N3O2/c1-2-17(14-5-6-18-19(9-14)24-12-23-18)22(7-1)11-13-3-4-15-10-20-21-16(15)8-13/h3-6,8-10,17H,1-2,7,11-12H2,(H,20,21). The average Bonchev–Trinajstić information content (AvgIpc) is 3.34. The molecule has 122 valence electrons. The normalized spacial score (nSPS) is 20.1. The maximum absolute atomic E-state index is 5.54. The van der Waals surface area contributed by atoms with E-state index in [0.717, 1.165) is 35.5 Å². The number of nitrogens with one attached hydrogen (secondary N) is 1. The molecule has 0 saturated carbocycles. The molecule has 2 aromatic carbocycles. The Kier molecular flexibility index (Phi) is 3.19. The molecule has 3 aromatic rings. The Labute approximate surface area is 140 Å². The van der Waals surface area contributed by atoms with Gasteiger partial charge in [0.05, 0.1) is 11.7 Å². The zero-order valence-electron chi connectivity index (χ0n) is 13.4. The first-order chi connectivity index (χ1) is 11.9. The van der Waals surface area contributed by atoms with Crippen LogP contribution in [0, 0.1) is 0 Å². The summed E-state index contributed by atoms with van der Waals surface area (Å²) in [6, 6.07) is 13.3. The van der Waals surface area contributed by atoms with Crippen molar-refractivity contribution in [1.82, 2.24) is 15.1 Å². The summed E-state index contributed by atoms with van der Waals surface area (Å²) in [7, 11) is 0. The average molecular weight is 321 g/mol. The molecule has 0 bridgehead atoms. The maximum atomic E-state index is 5.54. The molecule has 5 heteroatoms. The van der Waals surface area contributed by atoms with Crippen molar-refractivity contribution in [2.24, 2.45) is 0 Å². The zero-order chi connectivity index (χ0) is 15.9. The fraction of sp³-hybridized carbons (Fsp3) is 0.316. The van der Waals surface area contributed by atoms with E-state index in [1.807, 2.05) is 12.3 Å². The number of benzene rings is 2. The number of fused-ring (bicyclic) bond motifs is 2. The minimum Gasteiger partial charge on any atom is -0.454 e. The highest BCUT2D eigenvalue weighted by atomic mass is 16.7. The molecule has 0 radical (unpaired) electrons. The smallest absolute Gasteiger partial charge is 0.231 e. The molecule has 5 rings (SSSR count). The number of aromatic amines is 1. The van der Waals surface area contributed by atoms with E-state index in [2.05, 4.69) is 45.4 Å². The minimum atomic E-state index is 0.331. The van der Waals surface area contributed by atoms with E-state index < -0.39 is 0 Å². The third-order valence-corrected chi connectivity index (χ3v) is 5.04. The molecule has 0 amide bonds. The molecule has 0 aliphatic carbocycles. The fourth-order valence-corrected chi connectivity index (χ4v) is 3.83. The van der Waals surface area contributed by atoms with Crippen LogP contribution in [-0.4, -0.2) is 28.4 Å². The third-order valence-electron chi connectivity index (χ3n) is 5.04. The Morgan fingerprint density at radius 2 is 2.08 bits per heavy atom. The molecule has 0 spiro atoms. The first-order valence-electron chi connectivity index (χ1n) is 8.42. The van der Waals surface area contributed by atoms with Gasteiger partial charge in [-0.1, -0.05) is 18.2 Å². The SMILES string of the molecule is c1cc2cn[nH]c2cc1CN1CCCC1c1ccc2c(c1)OCO2. The Balaban J connectivity index is 1.40. The van der Waals surface area contributed by atoms with Crippen LogP contribution >= 0.6 is 0 Å². The van der Waals surface area contributed by atoms with Gasteiger partial charge in [0.25, 0.3) is 0 Å². The number of aromatic nitrogens is 2. The fourth-order valence-electron chi connectivity index (χ4n) is 3.83. The summed E-state index contributed by atoms with van der Waals surface area (Å²) in [6.45, 7) is 2.41. The second kappa shape index (κ2) is 5.53. The number of ether oxygens (including phenoxy) is 2. The van der Waals surface area contributed by atoms with Crippen molar-refractivity contribution in [1.29, 1.82) is 0 Å². The van der Waals surface area contributed by atoms with E-state index in [9.17, 15) is 0 Å². The van der Waals surface area contributed by atoms with Crippen LogP contribution in [0.2, 0.25) is 0 Å².